The van der Waals surface area contributed by atoms with Gasteiger partial charge in [-0.3, -0.25) is 14.5 Å². The highest BCUT2D eigenvalue weighted by Crippen LogP contribution is 2.18. The highest BCUT2D eigenvalue weighted by Gasteiger charge is 2.43. The molecule has 0 saturated carbocycles. The van der Waals surface area contributed by atoms with Crippen LogP contribution in [0.25, 0.3) is 0 Å². The molecule has 0 spiro atoms. The molecule has 32 heavy (non-hydrogen) atoms. The number of ether oxygens (including phenoxy) is 1. The first kappa shape index (κ1) is 24.1. The van der Waals surface area contributed by atoms with Crippen LogP contribution in [0.2, 0.25) is 0 Å². The summed E-state index contributed by atoms with van der Waals surface area (Å²) in [6.07, 6.45) is 0.486. The van der Waals surface area contributed by atoms with Crippen LogP contribution in [0.5, 0.6) is 0 Å². The summed E-state index contributed by atoms with van der Waals surface area (Å²) in [6, 6.07) is 6.66. The second kappa shape index (κ2) is 9.97. The smallest absolute Gasteiger partial charge is 0.325 e. The number of amides is 4. The minimum Gasteiger partial charge on any atom is -0.379 e. The molecular weight excluding hydrogens is 436 g/mol. The van der Waals surface area contributed by atoms with Crippen molar-refractivity contribution >= 4 is 27.9 Å². The third-order valence-electron chi connectivity index (χ3n) is 5.53. The zero-order valence-electron chi connectivity index (χ0n) is 18.4. The van der Waals surface area contributed by atoms with Crippen LogP contribution in [0.3, 0.4) is 0 Å². The molecule has 1 aromatic carbocycles. The number of imide groups is 1. The molecule has 0 atom stereocenters. The van der Waals surface area contributed by atoms with Gasteiger partial charge in [-0.15, -0.1) is 0 Å². The van der Waals surface area contributed by atoms with E-state index in [1.54, 1.807) is 38.1 Å². The number of nitrogens with one attached hydrogen (secondary N) is 2. The predicted molar refractivity (Wildman–Crippen MR) is 117 cm³/mol. The molecule has 2 fully saturated rings. The average Bonchev–Trinajstić information content (AvgIpc) is 2.95. The number of rotatable bonds is 9. The molecule has 0 aliphatic carbocycles. The van der Waals surface area contributed by atoms with E-state index >= 15 is 0 Å². The zero-order valence-corrected chi connectivity index (χ0v) is 19.2. The molecule has 176 valence electrons. The minimum atomic E-state index is -3.48. The second-order valence-electron chi connectivity index (χ2n) is 8.43. The lowest BCUT2D eigenvalue weighted by molar-refractivity contribution is -0.130. The molecule has 2 saturated heterocycles. The molecule has 2 aliphatic heterocycles. The van der Waals surface area contributed by atoms with E-state index in [0.29, 0.717) is 38.3 Å². The highest BCUT2D eigenvalue weighted by molar-refractivity contribution is 7.88. The Balaban J connectivity index is 1.50. The fourth-order valence-corrected chi connectivity index (χ4v) is 5.25. The maximum atomic E-state index is 12.7. The van der Waals surface area contributed by atoms with Crippen LogP contribution in [0, 0.1) is 0 Å². The van der Waals surface area contributed by atoms with Gasteiger partial charge in [0.1, 0.15) is 5.54 Å². The van der Waals surface area contributed by atoms with Crippen molar-refractivity contribution < 1.29 is 27.5 Å². The monoisotopic (exact) mass is 466 g/mol. The summed E-state index contributed by atoms with van der Waals surface area (Å²) in [4.78, 5) is 37.5. The van der Waals surface area contributed by atoms with Crippen LogP contribution < -0.4 is 10.6 Å². The van der Waals surface area contributed by atoms with Crippen molar-refractivity contribution in [1.29, 1.82) is 0 Å². The van der Waals surface area contributed by atoms with Gasteiger partial charge in [0.25, 0.3) is 5.91 Å². The standard InChI is InChI=1S/C21H30N4O6S/c1-21(2)19(27)25(20(28)23-21)9-5-8-18(26)22-14-16-6-3-4-7-17(16)15-32(29,30)24-10-12-31-13-11-24/h3-4,6-7H,5,8-15H2,1-2H3,(H,22,26)(H,23,28). The predicted octanol–water partition coefficient (Wildman–Crippen LogP) is 0.575. The first-order valence-corrected chi connectivity index (χ1v) is 12.2. The number of sulfonamides is 1. The summed E-state index contributed by atoms with van der Waals surface area (Å²) in [5.41, 5.74) is 0.444. The van der Waals surface area contributed by atoms with Crippen molar-refractivity contribution in [3.05, 3.63) is 35.4 Å². The molecule has 11 heteroatoms. The van der Waals surface area contributed by atoms with Crippen molar-refractivity contribution in [2.24, 2.45) is 0 Å². The maximum absolute atomic E-state index is 12.7. The Morgan fingerprint density at radius 2 is 1.81 bits per heavy atom. The molecule has 0 aromatic heterocycles. The van der Waals surface area contributed by atoms with Crippen LogP contribution >= 0.6 is 0 Å². The Morgan fingerprint density at radius 1 is 1.16 bits per heavy atom. The Kier molecular flexibility index (Phi) is 7.52. The van der Waals surface area contributed by atoms with Gasteiger partial charge in [-0.25, -0.2) is 13.2 Å². The molecule has 2 aliphatic rings. The molecule has 0 bridgehead atoms. The van der Waals surface area contributed by atoms with Crippen LogP contribution in [0.4, 0.5) is 4.79 Å². The van der Waals surface area contributed by atoms with E-state index < -0.39 is 21.6 Å². The van der Waals surface area contributed by atoms with Crippen molar-refractivity contribution in [2.45, 2.75) is 44.5 Å². The summed E-state index contributed by atoms with van der Waals surface area (Å²) < 4.78 is 32.1. The van der Waals surface area contributed by atoms with E-state index in [9.17, 15) is 22.8 Å². The third-order valence-corrected chi connectivity index (χ3v) is 7.35. The van der Waals surface area contributed by atoms with E-state index in [0.717, 1.165) is 10.5 Å². The van der Waals surface area contributed by atoms with Gasteiger partial charge in [0.05, 0.1) is 19.0 Å². The van der Waals surface area contributed by atoms with Crippen molar-refractivity contribution in [1.82, 2.24) is 19.8 Å². The van der Waals surface area contributed by atoms with Gasteiger partial charge in [-0.05, 0) is 31.4 Å². The van der Waals surface area contributed by atoms with Crippen LogP contribution in [0.1, 0.15) is 37.8 Å². The number of hydrogen-bond acceptors (Lipinski definition) is 6. The summed E-state index contributed by atoms with van der Waals surface area (Å²) in [5, 5.41) is 5.40. The van der Waals surface area contributed by atoms with E-state index in [1.807, 2.05) is 0 Å². The maximum Gasteiger partial charge on any atom is 0.325 e. The third kappa shape index (κ3) is 5.84. The summed E-state index contributed by atoms with van der Waals surface area (Å²) in [7, 11) is -3.48. The Labute approximate surface area is 188 Å². The van der Waals surface area contributed by atoms with Crippen LogP contribution in [-0.4, -0.2) is 73.9 Å². The quantitative estimate of drug-likeness (QED) is 0.513. The molecule has 2 N–H and O–H groups in total. The van der Waals surface area contributed by atoms with Crippen molar-refractivity contribution in [2.75, 3.05) is 32.8 Å². The molecule has 4 amide bonds. The summed E-state index contributed by atoms with van der Waals surface area (Å²) in [6.45, 7) is 5.09. The van der Waals surface area contributed by atoms with E-state index in [-0.39, 0.29) is 37.1 Å². The normalized spacial score (nSPS) is 19.1. The molecule has 0 radical (unpaired) electrons. The number of morpholine rings is 1. The molecule has 3 rings (SSSR count). The molecular formula is C21H30N4O6S. The molecule has 10 nitrogen and oxygen atoms in total. The lowest BCUT2D eigenvalue weighted by atomic mass is 10.1. The Hall–Kier alpha value is -2.50. The van der Waals surface area contributed by atoms with E-state index in [2.05, 4.69) is 10.6 Å². The lowest BCUT2D eigenvalue weighted by Gasteiger charge is -2.26. The van der Waals surface area contributed by atoms with E-state index in [4.69, 9.17) is 4.74 Å². The number of carbonyl (C=O) groups is 3. The fraction of sp³-hybridized carbons (Fsp3) is 0.571. The topological polar surface area (TPSA) is 125 Å². The van der Waals surface area contributed by atoms with Gasteiger partial charge in [-0.2, -0.15) is 4.31 Å². The number of carbonyl (C=O) groups excluding carboxylic acids is 3. The van der Waals surface area contributed by atoms with Gasteiger partial charge >= 0.3 is 6.03 Å². The first-order chi connectivity index (χ1) is 15.1. The molecule has 0 unspecified atom stereocenters. The Bertz CT molecular complexity index is 972. The summed E-state index contributed by atoms with van der Waals surface area (Å²) >= 11 is 0. The second-order valence-corrected chi connectivity index (χ2v) is 10.4. The largest absolute Gasteiger partial charge is 0.379 e. The lowest BCUT2D eigenvalue weighted by Crippen LogP contribution is -2.41. The number of nitrogens with zero attached hydrogens (tertiary/aromatic N) is 2. The number of benzene rings is 1. The van der Waals surface area contributed by atoms with Gasteiger partial charge in [0.2, 0.25) is 15.9 Å². The zero-order chi connectivity index (χ0) is 23.4. The Morgan fingerprint density at radius 3 is 2.44 bits per heavy atom. The van der Waals surface area contributed by atoms with Crippen molar-refractivity contribution in [3.63, 3.8) is 0 Å². The van der Waals surface area contributed by atoms with Gasteiger partial charge in [0, 0.05) is 32.6 Å². The summed E-state index contributed by atoms with van der Waals surface area (Å²) in [5.74, 6) is -0.679. The molecule has 1 aromatic rings. The van der Waals surface area contributed by atoms with Crippen molar-refractivity contribution in [3.8, 4) is 0 Å². The van der Waals surface area contributed by atoms with E-state index in [1.165, 1.54) is 4.31 Å². The minimum absolute atomic E-state index is 0.138. The van der Waals surface area contributed by atoms with Crippen LogP contribution in [-0.2, 0) is 36.6 Å². The number of urea groups is 1. The van der Waals surface area contributed by atoms with Gasteiger partial charge in [0.15, 0.2) is 0 Å². The number of hydrogen-bond donors (Lipinski definition) is 2. The van der Waals surface area contributed by atoms with Crippen LogP contribution in [0.15, 0.2) is 24.3 Å². The fourth-order valence-electron chi connectivity index (χ4n) is 3.68. The average molecular weight is 467 g/mol. The van der Waals surface area contributed by atoms with Gasteiger partial charge < -0.3 is 15.4 Å². The first-order valence-electron chi connectivity index (χ1n) is 10.6. The molecule has 2 heterocycles. The van der Waals surface area contributed by atoms with Gasteiger partial charge in [-0.1, -0.05) is 24.3 Å². The highest BCUT2D eigenvalue weighted by atomic mass is 32.2. The SMILES string of the molecule is CC1(C)NC(=O)N(CCCC(=O)NCc2ccccc2CS(=O)(=O)N2CCOCC2)C1=O.